The molecule has 0 bridgehead atoms. The number of benzene rings is 3. The molecule has 0 aromatic heterocycles. The van der Waals surface area contributed by atoms with Crippen molar-refractivity contribution in [3.8, 4) is 17.6 Å². The van der Waals surface area contributed by atoms with Crippen LogP contribution in [-0.2, 0) is 11.4 Å². The van der Waals surface area contributed by atoms with E-state index in [1.54, 1.807) is 36.4 Å². The zero-order valence-corrected chi connectivity index (χ0v) is 21.5. The fourth-order valence-corrected chi connectivity index (χ4v) is 4.10. The summed E-state index contributed by atoms with van der Waals surface area (Å²) in [5, 5.41) is 12.6. The van der Waals surface area contributed by atoms with Crippen molar-refractivity contribution in [1.82, 2.24) is 0 Å². The van der Waals surface area contributed by atoms with Crippen LogP contribution in [0.5, 0.6) is 11.5 Å². The van der Waals surface area contributed by atoms with E-state index in [4.69, 9.17) is 21.1 Å². The van der Waals surface area contributed by atoms with Gasteiger partial charge in [0.15, 0.2) is 5.75 Å². The summed E-state index contributed by atoms with van der Waals surface area (Å²) in [5.74, 6) is 0.659. The van der Waals surface area contributed by atoms with E-state index in [2.05, 4.69) is 37.2 Å². The lowest BCUT2D eigenvalue weighted by Gasteiger charge is -2.12. The van der Waals surface area contributed by atoms with Gasteiger partial charge in [0, 0.05) is 10.2 Å². The highest BCUT2D eigenvalue weighted by molar-refractivity contribution is 9.10. The molecule has 3 aromatic carbocycles. The Morgan fingerprint density at radius 2 is 1.79 bits per heavy atom. The van der Waals surface area contributed by atoms with Gasteiger partial charge in [-0.05, 0) is 88.6 Å². The lowest BCUT2D eigenvalue weighted by atomic mass is 10.1. The molecule has 168 valence electrons. The van der Waals surface area contributed by atoms with Crippen LogP contribution in [-0.4, -0.2) is 12.5 Å². The Hall–Kier alpha value is -2.79. The molecule has 0 fully saturated rings. The van der Waals surface area contributed by atoms with Crippen molar-refractivity contribution in [2.75, 3.05) is 11.9 Å². The standard InChI is InChI=1S/C25H19Br2ClN2O3/c1-2-32-21-9-7-20(8-10-21)30-25(31)18(14-29)11-17-12-22(27)24(23(28)13-17)33-15-16-3-5-19(26)6-4-16/h3-13H,2,15H2,1H3,(H,30,31)/b18-11-. The van der Waals surface area contributed by atoms with Gasteiger partial charge in [0.2, 0.25) is 0 Å². The molecule has 3 aromatic rings. The van der Waals surface area contributed by atoms with Gasteiger partial charge < -0.3 is 14.8 Å². The third kappa shape index (κ3) is 7.10. The number of halogens is 3. The Morgan fingerprint density at radius 3 is 2.39 bits per heavy atom. The summed E-state index contributed by atoms with van der Waals surface area (Å²) < 4.78 is 12.9. The molecular formula is C25H19Br2ClN2O3. The first kappa shape index (κ1) is 24.8. The molecule has 0 saturated heterocycles. The van der Waals surface area contributed by atoms with Gasteiger partial charge in [-0.25, -0.2) is 0 Å². The molecule has 0 atom stereocenters. The fraction of sp³-hybridized carbons (Fsp3) is 0.120. The minimum atomic E-state index is -0.524. The summed E-state index contributed by atoms with van der Waals surface area (Å²) in [6.07, 6.45) is 1.47. The maximum absolute atomic E-state index is 12.6. The largest absolute Gasteiger partial charge is 0.494 e. The molecule has 3 rings (SSSR count). The number of nitrogens with one attached hydrogen (secondary N) is 1. The van der Waals surface area contributed by atoms with Crippen molar-refractivity contribution in [2.45, 2.75) is 13.5 Å². The Balaban J connectivity index is 1.72. The van der Waals surface area contributed by atoms with Crippen molar-refractivity contribution in [1.29, 1.82) is 5.26 Å². The quantitative estimate of drug-likeness (QED) is 0.219. The minimum absolute atomic E-state index is 0.0598. The average molecular weight is 591 g/mol. The van der Waals surface area contributed by atoms with Crippen LogP contribution in [0.25, 0.3) is 6.08 Å². The van der Waals surface area contributed by atoms with Crippen LogP contribution in [0, 0.1) is 11.3 Å². The molecule has 0 unspecified atom stereocenters. The van der Waals surface area contributed by atoms with Crippen molar-refractivity contribution in [2.24, 2.45) is 0 Å². The second-order valence-corrected chi connectivity index (χ2v) is 8.99. The number of hydrogen-bond acceptors (Lipinski definition) is 4. The van der Waals surface area contributed by atoms with Crippen molar-refractivity contribution in [3.63, 3.8) is 0 Å². The zero-order chi connectivity index (χ0) is 23.8. The van der Waals surface area contributed by atoms with Crippen molar-refractivity contribution >= 4 is 61.1 Å². The topological polar surface area (TPSA) is 71.3 Å². The summed E-state index contributed by atoms with van der Waals surface area (Å²) >= 11 is 13.3. The van der Waals surface area contributed by atoms with E-state index in [-0.39, 0.29) is 5.57 Å². The van der Waals surface area contributed by atoms with Gasteiger partial charge in [-0.15, -0.1) is 0 Å². The Bertz CT molecular complexity index is 1180. The van der Waals surface area contributed by atoms with Gasteiger partial charge in [-0.2, -0.15) is 5.26 Å². The van der Waals surface area contributed by atoms with E-state index in [1.165, 1.54) is 6.08 Å². The van der Waals surface area contributed by atoms with Gasteiger partial charge >= 0.3 is 0 Å². The summed E-state index contributed by atoms with van der Waals surface area (Å²) in [5.41, 5.74) is 2.07. The molecule has 0 aliphatic carbocycles. The summed E-state index contributed by atoms with van der Waals surface area (Å²) in [7, 11) is 0. The number of rotatable bonds is 8. The zero-order valence-electron chi connectivity index (χ0n) is 17.6. The van der Waals surface area contributed by atoms with Crippen LogP contribution < -0.4 is 14.8 Å². The molecule has 0 aliphatic rings. The average Bonchev–Trinajstić information content (AvgIpc) is 2.79. The van der Waals surface area contributed by atoms with Gasteiger partial charge in [0.1, 0.15) is 24.0 Å². The van der Waals surface area contributed by atoms with Gasteiger partial charge in [-0.1, -0.05) is 39.7 Å². The third-order valence-electron chi connectivity index (χ3n) is 4.42. The molecule has 0 saturated carbocycles. The molecule has 0 radical (unpaired) electrons. The smallest absolute Gasteiger partial charge is 0.266 e. The van der Waals surface area contributed by atoms with Gasteiger partial charge in [-0.3, -0.25) is 4.79 Å². The van der Waals surface area contributed by atoms with Crippen LogP contribution in [0.15, 0.2) is 75.2 Å². The first-order chi connectivity index (χ1) is 15.9. The van der Waals surface area contributed by atoms with Crippen LogP contribution >= 0.6 is 43.5 Å². The molecule has 0 aliphatic heterocycles. The number of hydrogen-bond donors (Lipinski definition) is 1. The molecule has 33 heavy (non-hydrogen) atoms. The van der Waals surface area contributed by atoms with Crippen LogP contribution in [0.2, 0.25) is 5.02 Å². The maximum atomic E-state index is 12.6. The molecule has 1 amide bonds. The number of carbonyl (C=O) groups excluding carboxylic acids is 1. The van der Waals surface area contributed by atoms with E-state index in [9.17, 15) is 10.1 Å². The molecule has 1 N–H and O–H groups in total. The van der Waals surface area contributed by atoms with Crippen molar-refractivity contribution in [3.05, 3.63) is 91.3 Å². The second kappa shape index (κ2) is 11.9. The van der Waals surface area contributed by atoms with E-state index < -0.39 is 5.91 Å². The first-order valence-corrected chi connectivity index (χ1v) is 11.9. The minimum Gasteiger partial charge on any atom is -0.494 e. The number of anilines is 1. The number of nitriles is 1. The molecule has 0 spiro atoms. The second-order valence-electron chi connectivity index (χ2n) is 6.81. The van der Waals surface area contributed by atoms with Crippen molar-refractivity contribution < 1.29 is 14.3 Å². The lowest BCUT2D eigenvalue weighted by Crippen LogP contribution is -2.13. The fourth-order valence-electron chi connectivity index (χ4n) is 2.85. The number of amides is 1. The molecule has 8 heteroatoms. The van der Waals surface area contributed by atoms with Crippen LogP contribution in [0.3, 0.4) is 0 Å². The summed E-state index contributed by atoms with van der Waals surface area (Å²) in [6.45, 7) is 2.79. The Kier molecular flexibility index (Phi) is 8.95. The summed E-state index contributed by atoms with van der Waals surface area (Å²) in [4.78, 5) is 12.6. The molecule has 5 nitrogen and oxygen atoms in total. The number of ether oxygens (including phenoxy) is 2. The highest BCUT2D eigenvalue weighted by Crippen LogP contribution is 2.36. The predicted molar refractivity (Wildman–Crippen MR) is 137 cm³/mol. The highest BCUT2D eigenvalue weighted by Gasteiger charge is 2.13. The van der Waals surface area contributed by atoms with Crippen LogP contribution in [0.4, 0.5) is 5.69 Å². The lowest BCUT2D eigenvalue weighted by molar-refractivity contribution is -0.112. The van der Waals surface area contributed by atoms with E-state index in [0.717, 1.165) is 10.0 Å². The third-order valence-corrected chi connectivity index (χ3v) is 5.81. The summed E-state index contributed by atoms with van der Waals surface area (Å²) in [6, 6.07) is 20.0. The van der Waals surface area contributed by atoms with Gasteiger partial charge in [0.05, 0.1) is 16.1 Å². The van der Waals surface area contributed by atoms with E-state index in [1.807, 2.05) is 37.3 Å². The maximum Gasteiger partial charge on any atom is 0.266 e. The van der Waals surface area contributed by atoms with Gasteiger partial charge in [0.25, 0.3) is 5.91 Å². The predicted octanol–water partition coefficient (Wildman–Crippen LogP) is 7.39. The Labute approximate surface area is 214 Å². The van der Waals surface area contributed by atoms with E-state index >= 15 is 0 Å². The monoisotopic (exact) mass is 588 g/mol. The normalized spacial score (nSPS) is 10.9. The van der Waals surface area contributed by atoms with E-state index in [0.29, 0.717) is 45.5 Å². The molecular weight excluding hydrogens is 572 g/mol. The highest BCUT2D eigenvalue weighted by atomic mass is 79.9. The Morgan fingerprint density at radius 1 is 1.09 bits per heavy atom. The van der Waals surface area contributed by atoms with Crippen LogP contribution in [0.1, 0.15) is 18.1 Å². The SMILES string of the molecule is CCOc1ccc(NC(=O)/C(C#N)=C\c2cc(Cl)c(OCc3ccc(Br)cc3)c(Br)c2)cc1. The molecule has 0 heterocycles. The number of carbonyl (C=O) groups is 1. The number of nitrogens with zero attached hydrogens (tertiary/aromatic N) is 1. The first-order valence-electron chi connectivity index (χ1n) is 9.92.